The lowest BCUT2D eigenvalue weighted by Gasteiger charge is -2.19. The van der Waals surface area contributed by atoms with Crippen molar-refractivity contribution in [3.05, 3.63) is 0 Å². The molecule has 1 N–H and O–H groups in total. The topological polar surface area (TPSA) is 64.3 Å². The first-order valence-electron chi connectivity index (χ1n) is 4.00. The fraction of sp³-hybridized carbons (Fsp3) is 0.750. The van der Waals surface area contributed by atoms with Crippen LogP contribution in [0.15, 0.2) is 0 Å². The second-order valence-corrected chi connectivity index (χ2v) is 3.18. The van der Waals surface area contributed by atoms with Crippen molar-refractivity contribution in [1.29, 1.82) is 5.26 Å². The van der Waals surface area contributed by atoms with Gasteiger partial charge in [0.15, 0.2) is 0 Å². The Morgan fingerprint density at radius 2 is 2.50 bits per heavy atom. The number of aliphatic carboxylic acids is 1. The van der Waals surface area contributed by atoms with Crippen molar-refractivity contribution in [2.75, 3.05) is 13.1 Å². The molecule has 0 aromatic heterocycles. The molecule has 0 saturated carbocycles. The van der Waals surface area contributed by atoms with Crippen molar-refractivity contribution in [1.82, 2.24) is 4.90 Å². The first-order valence-corrected chi connectivity index (χ1v) is 4.00. The minimum Gasteiger partial charge on any atom is -0.480 e. The zero-order valence-electron chi connectivity index (χ0n) is 7.03. The molecule has 1 aliphatic heterocycles. The van der Waals surface area contributed by atoms with E-state index in [1.807, 2.05) is 13.0 Å². The number of rotatable bonds is 2. The average molecular weight is 168 g/mol. The number of likely N-dealkylation sites (tertiary alicyclic amines) is 1. The lowest BCUT2D eigenvalue weighted by atomic mass is 10.0. The number of hydrogen-bond acceptors (Lipinski definition) is 3. The van der Waals surface area contributed by atoms with Crippen LogP contribution < -0.4 is 0 Å². The molecule has 0 spiro atoms. The zero-order valence-corrected chi connectivity index (χ0v) is 7.03. The Bertz CT molecular complexity index is 222. The third-order valence-corrected chi connectivity index (χ3v) is 2.33. The summed E-state index contributed by atoms with van der Waals surface area (Å²) in [6, 6.07) is 1.52. The molecule has 1 fully saturated rings. The summed E-state index contributed by atoms with van der Waals surface area (Å²) in [6.45, 7) is 2.86. The summed E-state index contributed by atoms with van der Waals surface area (Å²) in [7, 11) is 0. The maximum Gasteiger partial charge on any atom is 0.321 e. The second kappa shape index (κ2) is 3.55. The van der Waals surface area contributed by atoms with E-state index in [1.54, 1.807) is 4.90 Å². The number of nitriles is 1. The van der Waals surface area contributed by atoms with Gasteiger partial charge in [-0.2, -0.15) is 5.26 Å². The molecule has 1 rings (SSSR count). The smallest absolute Gasteiger partial charge is 0.321 e. The molecule has 66 valence electrons. The van der Waals surface area contributed by atoms with Crippen molar-refractivity contribution in [2.24, 2.45) is 5.92 Å². The maximum atomic E-state index is 10.7. The molecule has 4 heteroatoms. The van der Waals surface area contributed by atoms with Gasteiger partial charge < -0.3 is 5.11 Å². The van der Waals surface area contributed by atoms with Gasteiger partial charge in [0.1, 0.15) is 6.04 Å². The largest absolute Gasteiger partial charge is 0.480 e. The van der Waals surface area contributed by atoms with Crippen LogP contribution in [-0.2, 0) is 4.79 Å². The van der Waals surface area contributed by atoms with E-state index >= 15 is 0 Å². The van der Waals surface area contributed by atoms with Gasteiger partial charge in [0.25, 0.3) is 0 Å². The average Bonchev–Trinajstić information content (AvgIpc) is 2.32. The van der Waals surface area contributed by atoms with Crippen LogP contribution >= 0.6 is 0 Å². The van der Waals surface area contributed by atoms with E-state index in [0.29, 0.717) is 0 Å². The van der Waals surface area contributed by atoms with Gasteiger partial charge in [-0.3, -0.25) is 9.69 Å². The minimum absolute atomic E-state index is 0.163. The van der Waals surface area contributed by atoms with Gasteiger partial charge in [0.2, 0.25) is 0 Å². The van der Waals surface area contributed by atoms with Gasteiger partial charge in [-0.1, -0.05) is 6.92 Å². The summed E-state index contributed by atoms with van der Waals surface area (Å²) < 4.78 is 0. The molecule has 0 radical (unpaired) electrons. The second-order valence-electron chi connectivity index (χ2n) is 3.18. The minimum atomic E-state index is -0.810. The van der Waals surface area contributed by atoms with Crippen LogP contribution in [0.5, 0.6) is 0 Å². The molecular weight excluding hydrogens is 156 g/mol. The van der Waals surface area contributed by atoms with Crippen molar-refractivity contribution in [3.8, 4) is 6.07 Å². The highest BCUT2D eigenvalue weighted by molar-refractivity contribution is 5.74. The molecule has 0 aromatic rings. The van der Waals surface area contributed by atoms with E-state index in [-0.39, 0.29) is 12.5 Å². The van der Waals surface area contributed by atoms with Crippen LogP contribution in [0, 0.1) is 17.2 Å². The Balaban J connectivity index is 2.65. The standard InChI is InChI=1S/C8H12N2O2/c1-6-2-4-10(5-3-9)7(6)8(11)12/h6-7H,2,4-5H2,1H3,(H,11,12). The number of carbonyl (C=O) groups is 1. The molecule has 12 heavy (non-hydrogen) atoms. The highest BCUT2D eigenvalue weighted by Gasteiger charge is 2.36. The summed E-state index contributed by atoms with van der Waals surface area (Å²) in [5.41, 5.74) is 0. The highest BCUT2D eigenvalue weighted by atomic mass is 16.4. The van der Waals surface area contributed by atoms with Gasteiger partial charge in [-0.25, -0.2) is 0 Å². The van der Waals surface area contributed by atoms with Crippen LogP contribution in [0.25, 0.3) is 0 Å². The Kier molecular flexibility index (Phi) is 2.66. The van der Waals surface area contributed by atoms with Crippen LogP contribution in [0.2, 0.25) is 0 Å². The summed E-state index contributed by atoms with van der Waals surface area (Å²) >= 11 is 0. The Labute approximate surface area is 71.4 Å². The molecule has 2 unspecified atom stereocenters. The fourth-order valence-corrected chi connectivity index (χ4v) is 1.69. The van der Waals surface area contributed by atoms with Crippen molar-refractivity contribution in [2.45, 2.75) is 19.4 Å². The van der Waals surface area contributed by atoms with E-state index in [4.69, 9.17) is 10.4 Å². The molecule has 0 aromatic carbocycles. The Hall–Kier alpha value is -1.08. The Morgan fingerprint density at radius 1 is 1.83 bits per heavy atom. The third kappa shape index (κ3) is 1.56. The van der Waals surface area contributed by atoms with E-state index in [2.05, 4.69) is 0 Å². The predicted octanol–water partition coefficient (Wildman–Crippen LogP) is 0.305. The molecule has 1 heterocycles. The molecular formula is C8H12N2O2. The number of carboxylic acids is 1. The first-order chi connectivity index (χ1) is 5.66. The van der Waals surface area contributed by atoms with E-state index in [9.17, 15) is 4.79 Å². The summed E-state index contributed by atoms with van der Waals surface area (Å²) in [4.78, 5) is 12.5. The van der Waals surface area contributed by atoms with Crippen molar-refractivity contribution >= 4 is 5.97 Å². The summed E-state index contributed by atoms with van der Waals surface area (Å²) in [5, 5.41) is 17.3. The van der Waals surface area contributed by atoms with Gasteiger partial charge in [0.05, 0.1) is 12.6 Å². The molecule has 1 saturated heterocycles. The Morgan fingerprint density at radius 3 is 3.00 bits per heavy atom. The molecule has 1 aliphatic rings. The maximum absolute atomic E-state index is 10.7. The molecule has 2 atom stereocenters. The normalized spacial score (nSPS) is 30.0. The van der Waals surface area contributed by atoms with Crippen LogP contribution in [0.3, 0.4) is 0 Å². The lowest BCUT2D eigenvalue weighted by Crippen LogP contribution is -2.39. The summed E-state index contributed by atoms with van der Waals surface area (Å²) in [5.74, 6) is -0.647. The van der Waals surface area contributed by atoms with E-state index in [1.165, 1.54) is 0 Å². The van der Waals surface area contributed by atoms with Crippen molar-refractivity contribution < 1.29 is 9.90 Å². The van der Waals surface area contributed by atoms with Crippen LogP contribution in [-0.4, -0.2) is 35.1 Å². The van der Waals surface area contributed by atoms with Crippen molar-refractivity contribution in [3.63, 3.8) is 0 Å². The quantitative estimate of drug-likeness (QED) is 0.602. The highest BCUT2D eigenvalue weighted by Crippen LogP contribution is 2.23. The number of carboxylic acid groups (broad SMARTS) is 1. The zero-order chi connectivity index (χ0) is 9.14. The lowest BCUT2D eigenvalue weighted by molar-refractivity contribution is -0.143. The SMILES string of the molecule is CC1CCN(CC#N)C1C(=O)O. The molecule has 4 nitrogen and oxygen atoms in total. The van der Waals surface area contributed by atoms with Gasteiger partial charge in [0, 0.05) is 6.54 Å². The summed E-state index contributed by atoms with van der Waals surface area (Å²) in [6.07, 6.45) is 0.874. The first kappa shape index (κ1) is 9.01. The number of hydrogen-bond donors (Lipinski definition) is 1. The van der Waals surface area contributed by atoms with Gasteiger partial charge in [-0.05, 0) is 12.3 Å². The van der Waals surface area contributed by atoms with Gasteiger partial charge >= 0.3 is 5.97 Å². The van der Waals surface area contributed by atoms with Gasteiger partial charge in [-0.15, -0.1) is 0 Å². The van der Waals surface area contributed by atoms with Crippen LogP contribution in [0.4, 0.5) is 0 Å². The molecule has 0 aliphatic carbocycles. The monoisotopic (exact) mass is 168 g/mol. The third-order valence-electron chi connectivity index (χ3n) is 2.33. The van der Waals surface area contributed by atoms with E-state index in [0.717, 1.165) is 13.0 Å². The number of nitrogens with zero attached hydrogens (tertiary/aromatic N) is 2. The predicted molar refractivity (Wildman–Crippen MR) is 42.4 cm³/mol. The van der Waals surface area contributed by atoms with E-state index < -0.39 is 12.0 Å². The van der Waals surface area contributed by atoms with Crippen LogP contribution in [0.1, 0.15) is 13.3 Å². The fourth-order valence-electron chi connectivity index (χ4n) is 1.69. The molecule has 0 amide bonds. The molecule has 0 bridgehead atoms.